The van der Waals surface area contributed by atoms with Crippen molar-refractivity contribution in [1.82, 2.24) is 0 Å². The number of hydrogen-bond donors (Lipinski definition) is 1. The van der Waals surface area contributed by atoms with Crippen molar-refractivity contribution in [2.45, 2.75) is 25.9 Å². The Bertz CT molecular complexity index is 445. The van der Waals surface area contributed by atoms with Gasteiger partial charge in [-0.25, -0.2) is 0 Å². The van der Waals surface area contributed by atoms with Crippen LogP contribution in [0, 0.1) is 0 Å². The molecular weight excluding hydrogens is 208 g/mol. The van der Waals surface area contributed by atoms with Gasteiger partial charge in [-0.2, -0.15) is 0 Å². The fraction of sp³-hybridized carbons (Fsp3) is 0.250. The first-order valence-electron chi connectivity index (χ1n) is 6.10. The molecule has 1 N–H and O–H groups in total. The normalized spacial score (nSPS) is 12.4. The second kappa shape index (κ2) is 5.65. The molecule has 1 heteroatoms. The van der Waals surface area contributed by atoms with Gasteiger partial charge in [0, 0.05) is 0 Å². The number of aliphatic hydroxyl groups excluding tert-OH is 1. The van der Waals surface area contributed by atoms with Crippen LogP contribution in [-0.2, 0) is 6.42 Å². The van der Waals surface area contributed by atoms with Crippen molar-refractivity contribution < 1.29 is 5.11 Å². The maximum absolute atomic E-state index is 9.71. The van der Waals surface area contributed by atoms with Crippen molar-refractivity contribution in [2.24, 2.45) is 0 Å². The van der Waals surface area contributed by atoms with Gasteiger partial charge in [0.15, 0.2) is 0 Å². The summed E-state index contributed by atoms with van der Waals surface area (Å²) < 4.78 is 0. The van der Waals surface area contributed by atoms with E-state index in [-0.39, 0.29) is 6.10 Å². The standard InChI is InChI=1S/C16H18O/c1-2-16(17)15-10-8-14(9-11-15)12-13-6-4-3-5-7-13/h3-11,16-17H,2,12H2,1H3/t16-/m0/s1. The van der Waals surface area contributed by atoms with Crippen LogP contribution in [0.25, 0.3) is 0 Å². The van der Waals surface area contributed by atoms with Crippen LogP contribution in [0.2, 0.25) is 0 Å². The third kappa shape index (κ3) is 3.18. The van der Waals surface area contributed by atoms with E-state index < -0.39 is 0 Å². The van der Waals surface area contributed by atoms with E-state index in [4.69, 9.17) is 0 Å². The molecule has 0 saturated carbocycles. The van der Waals surface area contributed by atoms with Gasteiger partial charge < -0.3 is 5.11 Å². The van der Waals surface area contributed by atoms with Crippen molar-refractivity contribution in [3.05, 3.63) is 71.3 Å². The number of aliphatic hydroxyl groups is 1. The molecule has 1 nitrogen and oxygen atoms in total. The van der Waals surface area contributed by atoms with E-state index in [1.54, 1.807) is 0 Å². The van der Waals surface area contributed by atoms with Gasteiger partial charge in [-0.05, 0) is 29.5 Å². The van der Waals surface area contributed by atoms with Crippen LogP contribution in [0.4, 0.5) is 0 Å². The quantitative estimate of drug-likeness (QED) is 0.842. The molecule has 0 aliphatic carbocycles. The minimum atomic E-state index is -0.333. The van der Waals surface area contributed by atoms with E-state index in [0.717, 1.165) is 18.4 Å². The lowest BCUT2D eigenvalue weighted by Crippen LogP contribution is -1.95. The summed E-state index contributed by atoms with van der Waals surface area (Å²) in [6.45, 7) is 1.99. The number of hydrogen-bond acceptors (Lipinski definition) is 1. The maximum atomic E-state index is 9.71. The van der Waals surface area contributed by atoms with Gasteiger partial charge in [0.1, 0.15) is 0 Å². The summed E-state index contributed by atoms with van der Waals surface area (Å²) in [6, 6.07) is 18.7. The minimum absolute atomic E-state index is 0.333. The van der Waals surface area contributed by atoms with E-state index in [1.807, 2.05) is 25.1 Å². The number of rotatable bonds is 4. The lowest BCUT2D eigenvalue weighted by Gasteiger charge is -2.09. The largest absolute Gasteiger partial charge is 0.388 e. The molecule has 2 aromatic carbocycles. The summed E-state index contributed by atoms with van der Waals surface area (Å²) in [5, 5.41) is 9.71. The average molecular weight is 226 g/mol. The molecule has 88 valence electrons. The van der Waals surface area contributed by atoms with Gasteiger partial charge in [0.2, 0.25) is 0 Å². The second-order valence-corrected chi connectivity index (χ2v) is 4.33. The molecule has 0 aromatic heterocycles. The molecule has 17 heavy (non-hydrogen) atoms. The molecule has 0 unspecified atom stereocenters. The van der Waals surface area contributed by atoms with Gasteiger partial charge in [0.25, 0.3) is 0 Å². The first kappa shape index (κ1) is 11.9. The zero-order valence-electron chi connectivity index (χ0n) is 10.1. The SMILES string of the molecule is CC[C@H](O)c1ccc(Cc2ccccc2)cc1. The third-order valence-corrected chi connectivity index (χ3v) is 3.00. The molecule has 0 heterocycles. The topological polar surface area (TPSA) is 20.2 Å². The Morgan fingerprint density at radius 2 is 1.47 bits per heavy atom. The summed E-state index contributed by atoms with van der Waals surface area (Å²) in [7, 11) is 0. The zero-order valence-corrected chi connectivity index (χ0v) is 10.1. The summed E-state index contributed by atoms with van der Waals surface area (Å²) >= 11 is 0. The summed E-state index contributed by atoms with van der Waals surface area (Å²) in [6.07, 6.45) is 1.38. The highest BCUT2D eigenvalue weighted by Gasteiger charge is 2.04. The van der Waals surface area contributed by atoms with Crippen LogP contribution in [0.1, 0.15) is 36.1 Å². The molecule has 0 radical (unpaired) electrons. The zero-order chi connectivity index (χ0) is 12.1. The predicted octanol–water partition coefficient (Wildman–Crippen LogP) is 3.72. The van der Waals surface area contributed by atoms with E-state index in [0.29, 0.717) is 0 Å². The van der Waals surface area contributed by atoms with Crippen molar-refractivity contribution >= 4 is 0 Å². The average Bonchev–Trinajstić information content (AvgIpc) is 2.40. The Hall–Kier alpha value is -1.60. The van der Waals surface area contributed by atoms with Crippen molar-refractivity contribution in [3.63, 3.8) is 0 Å². The molecule has 0 bridgehead atoms. The van der Waals surface area contributed by atoms with Crippen LogP contribution in [0.15, 0.2) is 54.6 Å². The lowest BCUT2D eigenvalue weighted by molar-refractivity contribution is 0.173. The van der Waals surface area contributed by atoms with Crippen molar-refractivity contribution in [1.29, 1.82) is 0 Å². The summed E-state index contributed by atoms with van der Waals surface area (Å²) in [5.74, 6) is 0. The molecule has 0 fully saturated rings. The molecule has 0 saturated heterocycles. The molecule has 0 aliphatic rings. The monoisotopic (exact) mass is 226 g/mol. The van der Waals surface area contributed by atoms with Crippen LogP contribution in [0.5, 0.6) is 0 Å². The van der Waals surface area contributed by atoms with Crippen LogP contribution >= 0.6 is 0 Å². The molecule has 1 atom stereocenters. The van der Waals surface area contributed by atoms with Gasteiger partial charge in [-0.3, -0.25) is 0 Å². The van der Waals surface area contributed by atoms with E-state index >= 15 is 0 Å². The second-order valence-electron chi connectivity index (χ2n) is 4.33. The Morgan fingerprint density at radius 1 is 0.882 bits per heavy atom. The molecule has 0 aliphatic heterocycles. The fourth-order valence-electron chi connectivity index (χ4n) is 1.92. The molecular formula is C16H18O. The predicted molar refractivity (Wildman–Crippen MR) is 70.9 cm³/mol. The van der Waals surface area contributed by atoms with Crippen LogP contribution in [-0.4, -0.2) is 5.11 Å². The summed E-state index contributed by atoms with van der Waals surface area (Å²) in [5.41, 5.74) is 3.60. The Balaban J connectivity index is 2.08. The summed E-state index contributed by atoms with van der Waals surface area (Å²) in [4.78, 5) is 0. The molecule has 0 spiro atoms. The Labute approximate surface area is 103 Å². The highest BCUT2D eigenvalue weighted by atomic mass is 16.3. The fourth-order valence-corrected chi connectivity index (χ4v) is 1.92. The van der Waals surface area contributed by atoms with Gasteiger partial charge >= 0.3 is 0 Å². The van der Waals surface area contributed by atoms with E-state index in [9.17, 15) is 5.11 Å². The van der Waals surface area contributed by atoms with Gasteiger partial charge in [0.05, 0.1) is 6.10 Å². The Kier molecular flexibility index (Phi) is 3.94. The van der Waals surface area contributed by atoms with Gasteiger partial charge in [-0.15, -0.1) is 0 Å². The Morgan fingerprint density at radius 3 is 2.06 bits per heavy atom. The van der Waals surface area contributed by atoms with E-state index in [2.05, 4.69) is 36.4 Å². The van der Waals surface area contributed by atoms with Crippen LogP contribution < -0.4 is 0 Å². The first-order valence-corrected chi connectivity index (χ1v) is 6.10. The highest BCUT2D eigenvalue weighted by Crippen LogP contribution is 2.17. The molecule has 2 aromatic rings. The maximum Gasteiger partial charge on any atom is 0.0787 e. The first-order chi connectivity index (χ1) is 8.29. The van der Waals surface area contributed by atoms with Crippen molar-refractivity contribution in [3.8, 4) is 0 Å². The van der Waals surface area contributed by atoms with Gasteiger partial charge in [-0.1, -0.05) is 61.5 Å². The third-order valence-electron chi connectivity index (χ3n) is 3.00. The van der Waals surface area contributed by atoms with E-state index in [1.165, 1.54) is 11.1 Å². The highest BCUT2D eigenvalue weighted by molar-refractivity contribution is 5.29. The van der Waals surface area contributed by atoms with Crippen LogP contribution in [0.3, 0.4) is 0 Å². The minimum Gasteiger partial charge on any atom is -0.388 e. The molecule has 2 rings (SSSR count). The van der Waals surface area contributed by atoms with Crippen molar-refractivity contribution in [2.75, 3.05) is 0 Å². The molecule has 0 amide bonds. The smallest absolute Gasteiger partial charge is 0.0787 e. The lowest BCUT2D eigenvalue weighted by atomic mass is 10.0. The number of benzene rings is 2.